The molecule has 2 aromatic rings. The monoisotopic (exact) mass is 349 g/mol. The maximum atomic E-state index is 11.6. The molecule has 0 atom stereocenters. The average molecular weight is 350 g/mol. The third kappa shape index (κ3) is 4.96. The first-order valence-electron chi connectivity index (χ1n) is 6.63. The van der Waals surface area contributed by atoms with Crippen LogP contribution in [0.3, 0.4) is 0 Å². The van der Waals surface area contributed by atoms with E-state index >= 15 is 0 Å². The van der Waals surface area contributed by atoms with Crippen molar-refractivity contribution in [3.05, 3.63) is 63.2 Å². The third-order valence-corrected chi connectivity index (χ3v) is 3.01. The first kappa shape index (κ1) is 17.2. The van der Waals surface area contributed by atoms with Crippen molar-refractivity contribution in [1.29, 1.82) is 0 Å². The highest BCUT2D eigenvalue weighted by Crippen LogP contribution is 2.29. The van der Waals surface area contributed by atoms with E-state index in [9.17, 15) is 14.9 Å². The van der Waals surface area contributed by atoms with Crippen LogP contribution in [0.4, 0.5) is 5.69 Å². The van der Waals surface area contributed by atoms with Crippen molar-refractivity contribution in [2.45, 2.75) is 0 Å². The number of phenols is 1. The van der Waals surface area contributed by atoms with E-state index in [0.717, 1.165) is 6.07 Å². The van der Waals surface area contributed by atoms with Crippen LogP contribution in [-0.2, 0) is 4.79 Å². The number of nitro groups is 1. The number of hydrogen-bond acceptors (Lipinski definition) is 6. The molecule has 1 amide bonds. The van der Waals surface area contributed by atoms with E-state index in [2.05, 4.69) is 10.5 Å². The number of amides is 1. The van der Waals surface area contributed by atoms with Crippen molar-refractivity contribution >= 4 is 29.4 Å². The fourth-order valence-electron chi connectivity index (χ4n) is 1.67. The fraction of sp³-hybridized carbons (Fsp3) is 0.0667. The molecule has 0 aliphatic rings. The molecule has 0 heterocycles. The summed E-state index contributed by atoms with van der Waals surface area (Å²) in [5.74, 6) is -0.537. The molecule has 8 nitrogen and oxygen atoms in total. The number of benzene rings is 2. The lowest BCUT2D eigenvalue weighted by atomic mass is 10.2. The van der Waals surface area contributed by atoms with Crippen molar-refractivity contribution in [3.8, 4) is 11.5 Å². The highest BCUT2D eigenvalue weighted by atomic mass is 35.5. The molecule has 0 aliphatic carbocycles. The number of nitro benzene ring substituents is 1. The Morgan fingerprint density at radius 1 is 1.33 bits per heavy atom. The quantitative estimate of drug-likeness (QED) is 0.472. The Morgan fingerprint density at radius 2 is 2.04 bits per heavy atom. The number of carbonyl (C=O) groups is 1. The molecule has 0 fully saturated rings. The van der Waals surface area contributed by atoms with Gasteiger partial charge in [-0.25, -0.2) is 5.43 Å². The Kier molecular flexibility index (Phi) is 5.69. The highest BCUT2D eigenvalue weighted by Gasteiger charge is 2.16. The molecule has 0 radical (unpaired) electrons. The van der Waals surface area contributed by atoms with Crippen molar-refractivity contribution < 1.29 is 19.6 Å². The zero-order valence-corrected chi connectivity index (χ0v) is 12.9. The van der Waals surface area contributed by atoms with Gasteiger partial charge in [-0.15, -0.1) is 0 Å². The second-order valence-electron chi connectivity index (χ2n) is 4.54. The number of nitrogens with zero attached hydrogens (tertiary/aromatic N) is 2. The molecule has 0 aromatic heterocycles. The number of hydrogen-bond donors (Lipinski definition) is 2. The molecule has 0 bridgehead atoms. The topological polar surface area (TPSA) is 114 Å². The van der Waals surface area contributed by atoms with Crippen LogP contribution in [0.2, 0.25) is 5.02 Å². The van der Waals surface area contributed by atoms with Gasteiger partial charge >= 0.3 is 5.69 Å². The van der Waals surface area contributed by atoms with E-state index in [1.54, 1.807) is 12.1 Å². The molecule has 2 rings (SSSR count). The second-order valence-corrected chi connectivity index (χ2v) is 4.98. The maximum absolute atomic E-state index is 11.6. The zero-order chi connectivity index (χ0) is 17.5. The van der Waals surface area contributed by atoms with E-state index in [1.807, 2.05) is 0 Å². The lowest BCUT2D eigenvalue weighted by molar-refractivity contribution is -0.385. The molecule has 0 aliphatic heterocycles. The van der Waals surface area contributed by atoms with Gasteiger partial charge in [0.05, 0.1) is 11.1 Å². The molecule has 0 saturated carbocycles. The Labute approximate surface area is 141 Å². The van der Waals surface area contributed by atoms with Crippen LogP contribution in [0.1, 0.15) is 5.56 Å². The number of rotatable bonds is 6. The van der Waals surface area contributed by atoms with Gasteiger partial charge in [0.25, 0.3) is 5.91 Å². The predicted molar refractivity (Wildman–Crippen MR) is 87.4 cm³/mol. The minimum absolute atomic E-state index is 0.0675. The minimum atomic E-state index is -0.651. The number of phenolic OH excluding ortho intramolecular Hbond substituents is 1. The summed E-state index contributed by atoms with van der Waals surface area (Å²) in [4.78, 5) is 21.9. The van der Waals surface area contributed by atoms with E-state index in [1.165, 1.54) is 30.5 Å². The highest BCUT2D eigenvalue weighted by molar-refractivity contribution is 6.30. The first-order chi connectivity index (χ1) is 11.5. The van der Waals surface area contributed by atoms with Gasteiger partial charge in [-0.05, 0) is 42.0 Å². The van der Waals surface area contributed by atoms with Crippen LogP contribution < -0.4 is 10.2 Å². The van der Waals surface area contributed by atoms with Crippen molar-refractivity contribution in [3.63, 3.8) is 0 Å². The fourth-order valence-corrected chi connectivity index (χ4v) is 1.84. The lowest BCUT2D eigenvalue weighted by Gasteiger charge is -2.05. The van der Waals surface area contributed by atoms with Gasteiger partial charge in [-0.2, -0.15) is 5.10 Å². The van der Waals surface area contributed by atoms with Crippen molar-refractivity contribution in [2.75, 3.05) is 6.61 Å². The van der Waals surface area contributed by atoms with Gasteiger partial charge in [0.1, 0.15) is 5.75 Å². The lowest BCUT2D eigenvalue weighted by Crippen LogP contribution is -2.24. The summed E-state index contributed by atoms with van der Waals surface area (Å²) in [6.07, 6.45) is 1.38. The largest absolute Gasteiger partial charge is 0.508 e. The molecule has 0 saturated heterocycles. The van der Waals surface area contributed by atoms with E-state index < -0.39 is 17.4 Å². The van der Waals surface area contributed by atoms with Gasteiger partial charge in [-0.3, -0.25) is 14.9 Å². The van der Waals surface area contributed by atoms with E-state index in [4.69, 9.17) is 21.4 Å². The molecule has 2 aromatic carbocycles. The van der Waals surface area contributed by atoms with Crippen LogP contribution in [0.15, 0.2) is 47.6 Å². The Hall–Kier alpha value is -3.13. The van der Waals surface area contributed by atoms with Gasteiger partial charge < -0.3 is 9.84 Å². The van der Waals surface area contributed by atoms with Gasteiger partial charge in [0, 0.05) is 11.1 Å². The van der Waals surface area contributed by atoms with Gasteiger partial charge in [0.2, 0.25) is 0 Å². The first-order valence-corrected chi connectivity index (χ1v) is 7.01. The van der Waals surface area contributed by atoms with Crippen LogP contribution in [0.25, 0.3) is 0 Å². The van der Waals surface area contributed by atoms with Crippen LogP contribution in [0.5, 0.6) is 11.5 Å². The van der Waals surface area contributed by atoms with Crippen molar-refractivity contribution in [2.24, 2.45) is 5.10 Å². The number of halogens is 1. The second kappa shape index (κ2) is 7.93. The molecular formula is C15H12ClN3O5. The molecule has 0 spiro atoms. The maximum Gasteiger partial charge on any atom is 0.312 e. The average Bonchev–Trinajstić information content (AvgIpc) is 2.55. The van der Waals surface area contributed by atoms with E-state index in [0.29, 0.717) is 5.56 Å². The molecule has 0 unspecified atom stereocenters. The van der Waals surface area contributed by atoms with Crippen LogP contribution in [0, 0.1) is 10.1 Å². The Balaban J connectivity index is 1.89. The number of carbonyl (C=O) groups excluding carboxylic acids is 1. The number of nitrogens with one attached hydrogen (secondary N) is 1. The molecular weight excluding hydrogens is 338 g/mol. The van der Waals surface area contributed by atoms with Crippen molar-refractivity contribution in [1.82, 2.24) is 5.43 Å². The Morgan fingerprint density at radius 3 is 2.71 bits per heavy atom. The molecule has 2 N–H and O–H groups in total. The van der Waals surface area contributed by atoms with Crippen LogP contribution >= 0.6 is 11.6 Å². The predicted octanol–water partition coefficient (Wildman–Crippen LogP) is 2.48. The summed E-state index contributed by atoms with van der Waals surface area (Å²) in [5.41, 5.74) is 2.56. The summed E-state index contributed by atoms with van der Waals surface area (Å²) in [6.45, 7) is -0.449. The summed E-state index contributed by atoms with van der Waals surface area (Å²) in [6, 6.07) is 10.0. The minimum Gasteiger partial charge on any atom is -0.508 e. The number of hydrazone groups is 1. The van der Waals surface area contributed by atoms with Crippen LogP contribution in [-0.4, -0.2) is 28.8 Å². The summed E-state index contributed by atoms with van der Waals surface area (Å²) < 4.78 is 5.11. The van der Waals surface area contributed by atoms with Gasteiger partial charge in [-0.1, -0.05) is 11.6 Å². The summed E-state index contributed by atoms with van der Waals surface area (Å²) in [5, 5.41) is 23.9. The number of aromatic hydroxyl groups is 1. The third-order valence-electron chi connectivity index (χ3n) is 2.77. The van der Waals surface area contributed by atoms with E-state index in [-0.39, 0.29) is 22.2 Å². The molecule has 24 heavy (non-hydrogen) atoms. The smallest absolute Gasteiger partial charge is 0.312 e. The zero-order valence-electron chi connectivity index (χ0n) is 12.2. The van der Waals surface area contributed by atoms with Gasteiger partial charge in [0.15, 0.2) is 12.4 Å². The Bertz CT molecular complexity index is 777. The number of ether oxygens (including phenoxy) is 1. The SMILES string of the molecule is O=C(COc1ccc(Cl)cc1[N+](=O)[O-])NN=Cc1ccc(O)cc1. The standard InChI is InChI=1S/C15H12ClN3O5/c16-11-3-6-14(13(7-11)19(22)23)24-9-15(21)18-17-8-10-1-4-12(20)5-2-10/h1-8,20H,9H2,(H,18,21). The molecule has 124 valence electrons. The summed E-state index contributed by atoms with van der Waals surface area (Å²) in [7, 11) is 0. The summed E-state index contributed by atoms with van der Waals surface area (Å²) >= 11 is 5.69. The molecule has 9 heteroatoms. The normalized spacial score (nSPS) is 10.5.